The molecule has 1 aliphatic heterocycles. The average Bonchev–Trinajstić information content (AvgIpc) is 2.76. The van der Waals surface area contributed by atoms with Crippen LogP contribution in [0.2, 0.25) is 0 Å². The Morgan fingerprint density at radius 2 is 1.62 bits per heavy atom. The summed E-state index contributed by atoms with van der Waals surface area (Å²) in [5, 5.41) is 0. The van der Waals surface area contributed by atoms with Crippen molar-refractivity contribution in [3.8, 4) is 0 Å². The Bertz CT molecular complexity index is 293. The van der Waals surface area contributed by atoms with Crippen LogP contribution in [-0.4, -0.2) is 22.0 Å². The highest BCUT2D eigenvalue weighted by molar-refractivity contribution is 8.23. The number of thioether (sulfide) groups is 1. The molecule has 0 aromatic heterocycles. The zero-order valence-corrected chi connectivity index (χ0v) is 15.6. The Hall–Kier alpha value is 0.360. The van der Waals surface area contributed by atoms with Crippen LogP contribution in [0.5, 0.6) is 0 Å². The standard InChI is InChI=1S/C17H32O2S2/c1-4-5-6-7-8-9-10-11-12-13-16(20)21-15-14-18-17(2,3)19-15/h15H,4-14H2,1-3H3. The first kappa shape index (κ1) is 19.4. The number of hydrogen-bond acceptors (Lipinski definition) is 4. The van der Waals surface area contributed by atoms with Crippen molar-refractivity contribution >= 4 is 28.2 Å². The quantitative estimate of drug-likeness (QED) is 0.337. The van der Waals surface area contributed by atoms with E-state index in [0.717, 1.165) is 10.6 Å². The second-order valence-corrected chi connectivity index (χ2v) is 8.33. The molecular weight excluding hydrogens is 300 g/mol. The van der Waals surface area contributed by atoms with Gasteiger partial charge in [0.2, 0.25) is 0 Å². The Labute approximate surface area is 140 Å². The molecule has 1 aliphatic rings. The van der Waals surface area contributed by atoms with E-state index in [2.05, 4.69) is 6.92 Å². The van der Waals surface area contributed by atoms with Crippen LogP contribution in [0, 0.1) is 0 Å². The van der Waals surface area contributed by atoms with E-state index in [1.807, 2.05) is 13.8 Å². The molecule has 0 radical (unpaired) electrons. The van der Waals surface area contributed by atoms with Gasteiger partial charge in [0, 0.05) is 0 Å². The molecule has 0 saturated carbocycles. The van der Waals surface area contributed by atoms with Crippen molar-refractivity contribution in [1.29, 1.82) is 0 Å². The molecule has 1 heterocycles. The molecule has 2 nitrogen and oxygen atoms in total. The number of thiocarbonyl (C=S) groups is 1. The lowest BCUT2D eigenvalue weighted by molar-refractivity contribution is -0.129. The molecule has 0 bridgehead atoms. The largest absolute Gasteiger partial charge is 0.347 e. The van der Waals surface area contributed by atoms with Gasteiger partial charge in [0.1, 0.15) is 5.44 Å². The minimum Gasteiger partial charge on any atom is -0.347 e. The number of ether oxygens (including phenoxy) is 2. The van der Waals surface area contributed by atoms with E-state index in [4.69, 9.17) is 21.7 Å². The maximum atomic E-state index is 5.76. The van der Waals surface area contributed by atoms with Crippen molar-refractivity contribution in [2.75, 3.05) is 6.61 Å². The molecule has 124 valence electrons. The highest BCUT2D eigenvalue weighted by Crippen LogP contribution is 2.30. The lowest BCUT2D eigenvalue weighted by atomic mass is 10.1. The lowest BCUT2D eigenvalue weighted by Crippen LogP contribution is -2.20. The van der Waals surface area contributed by atoms with Gasteiger partial charge in [-0.3, -0.25) is 0 Å². The maximum Gasteiger partial charge on any atom is 0.164 e. The van der Waals surface area contributed by atoms with Gasteiger partial charge in [-0.25, -0.2) is 0 Å². The molecule has 0 aromatic rings. The van der Waals surface area contributed by atoms with Gasteiger partial charge in [-0.05, 0) is 26.7 Å². The summed E-state index contributed by atoms with van der Waals surface area (Å²) in [7, 11) is 0. The molecule has 0 aromatic carbocycles. The molecule has 0 N–H and O–H groups in total. The number of unbranched alkanes of at least 4 members (excludes halogenated alkanes) is 8. The molecule has 0 aliphatic carbocycles. The minimum atomic E-state index is -0.439. The topological polar surface area (TPSA) is 18.5 Å². The first-order chi connectivity index (χ1) is 10.0. The van der Waals surface area contributed by atoms with Crippen molar-refractivity contribution < 1.29 is 9.47 Å². The Balaban J connectivity index is 1.90. The summed E-state index contributed by atoms with van der Waals surface area (Å²) in [6, 6.07) is 0. The van der Waals surface area contributed by atoms with E-state index >= 15 is 0 Å². The molecular formula is C17H32O2S2. The fraction of sp³-hybridized carbons (Fsp3) is 0.941. The second kappa shape index (κ2) is 11.0. The van der Waals surface area contributed by atoms with Crippen LogP contribution in [0.25, 0.3) is 0 Å². The van der Waals surface area contributed by atoms with E-state index in [-0.39, 0.29) is 5.44 Å². The molecule has 1 saturated heterocycles. The van der Waals surface area contributed by atoms with E-state index in [0.29, 0.717) is 6.61 Å². The van der Waals surface area contributed by atoms with Crippen molar-refractivity contribution in [3.63, 3.8) is 0 Å². The maximum absolute atomic E-state index is 5.76. The zero-order chi connectivity index (χ0) is 15.6. The van der Waals surface area contributed by atoms with E-state index < -0.39 is 5.79 Å². The summed E-state index contributed by atoms with van der Waals surface area (Å²) in [5.41, 5.74) is 0.0889. The molecule has 1 rings (SSSR count). The fourth-order valence-electron chi connectivity index (χ4n) is 2.50. The Morgan fingerprint density at radius 3 is 2.14 bits per heavy atom. The molecule has 0 spiro atoms. The van der Waals surface area contributed by atoms with Gasteiger partial charge in [-0.15, -0.1) is 0 Å². The van der Waals surface area contributed by atoms with Crippen LogP contribution in [0.4, 0.5) is 0 Å². The molecule has 4 heteroatoms. The highest BCUT2D eigenvalue weighted by Gasteiger charge is 2.33. The van der Waals surface area contributed by atoms with Gasteiger partial charge >= 0.3 is 0 Å². The van der Waals surface area contributed by atoms with Crippen molar-refractivity contribution in [2.45, 2.75) is 96.2 Å². The lowest BCUT2D eigenvalue weighted by Gasteiger charge is -2.16. The third kappa shape index (κ3) is 9.88. The van der Waals surface area contributed by atoms with Gasteiger partial charge in [0.05, 0.1) is 10.8 Å². The van der Waals surface area contributed by atoms with Gasteiger partial charge in [-0.1, -0.05) is 82.3 Å². The van der Waals surface area contributed by atoms with Gasteiger partial charge in [-0.2, -0.15) is 0 Å². The second-order valence-electron chi connectivity index (χ2n) is 6.33. The van der Waals surface area contributed by atoms with E-state index in [1.165, 1.54) is 57.8 Å². The summed E-state index contributed by atoms with van der Waals surface area (Å²) in [5.74, 6) is -0.439. The van der Waals surface area contributed by atoms with Crippen molar-refractivity contribution in [3.05, 3.63) is 0 Å². The van der Waals surface area contributed by atoms with Crippen LogP contribution >= 0.6 is 24.0 Å². The Morgan fingerprint density at radius 1 is 1.05 bits per heavy atom. The van der Waals surface area contributed by atoms with Gasteiger partial charge in [0.15, 0.2) is 5.79 Å². The van der Waals surface area contributed by atoms with E-state index in [9.17, 15) is 0 Å². The van der Waals surface area contributed by atoms with Crippen LogP contribution in [-0.2, 0) is 9.47 Å². The normalized spacial score (nSPS) is 20.8. The SMILES string of the molecule is CCCCCCCCCCCC(=S)SC1COC(C)(C)O1. The number of rotatable bonds is 11. The predicted octanol–water partition coefficient (Wildman–Crippen LogP) is 6.08. The summed E-state index contributed by atoms with van der Waals surface area (Å²) in [6.07, 6.45) is 13.3. The van der Waals surface area contributed by atoms with Gasteiger partial charge < -0.3 is 9.47 Å². The summed E-state index contributed by atoms with van der Waals surface area (Å²) >= 11 is 7.11. The summed E-state index contributed by atoms with van der Waals surface area (Å²) < 4.78 is 12.4. The predicted molar refractivity (Wildman–Crippen MR) is 96.9 cm³/mol. The van der Waals surface area contributed by atoms with Crippen molar-refractivity contribution in [1.82, 2.24) is 0 Å². The number of hydrogen-bond donors (Lipinski definition) is 0. The molecule has 0 amide bonds. The van der Waals surface area contributed by atoms with Crippen LogP contribution in [0.3, 0.4) is 0 Å². The smallest absolute Gasteiger partial charge is 0.164 e. The molecule has 1 atom stereocenters. The summed E-state index contributed by atoms with van der Waals surface area (Å²) in [4.78, 5) is 0. The highest BCUT2D eigenvalue weighted by atomic mass is 32.2. The van der Waals surface area contributed by atoms with Crippen LogP contribution in [0.15, 0.2) is 0 Å². The Kier molecular flexibility index (Phi) is 10.1. The third-order valence-electron chi connectivity index (χ3n) is 3.73. The van der Waals surface area contributed by atoms with Crippen molar-refractivity contribution in [2.24, 2.45) is 0 Å². The van der Waals surface area contributed by atoms with Gasteiger partial charge in [0.25, 0.3) is 0 Å². The first-order valence-corrected chi connectivity index (χ1v) is 9.83. The van der Waals surface area contributed by atoms with Crippen LogP contribution in [0.1, 0.15) is 85.0 Å². The van der Waals surface area contributed by atoms with E-state index in [1.54, 1.807) is 11.8 Å². The average molecular weight is 333 g/mol. The monoisotopic (exact) mass is 332 g/mol. The third-order valence-corrected chi connectivity index (χ3v) is 5.18. The molecule has 1 unspecified atom stereocenters. The fourth-order valence-corrected chi connectivity index (χ4v) is 3.93. The van der Waals surface area contributed by atoms with Crippen LogP contribution < -0.4 is 0 Å². The first-order valence-electron chi connectivity index (χ1n) is 8.55. The summed E-state index contributed by atoms with van der Waals surface area (Å²) in [6.45, 7) is 6.83. The zero-order valence-electron chi connectivity index (χ0n) is 14.0. The minimum absolute atomic E-state index is 0.0889. The molecule has 21 heavy (non-hydrogen) atoms. The molecule has 1 fully saturated rings.